The average molecular weight is 242 g/mol. The van der Waals surface area contributed by atoms with Crippen molar-refractivity contribution in [1.29, 1.82) is 0 Å². The number of tetrazole rings is 1. The lowest BCUT2D eigenvalue weighted by Crippen LogP contribution is -2.31. The molecule has 9 nitrogen and oxygen atoms in total. The molecule has 0 saturated carbocycles. The fourth-order valence-corrected chi connectivity index (χ4v) is 1.63. The molecule has 1 aliphatic heterocycles. The highest BCUT2D eigenvalue weighted by Gasteiger charge is 2.44. The largest absolute Gasteiger partial charge is 0.458 e. The number of ether oxygens (including phenoxy) is 3. The Morgan fingerprint density at radius 1 is 1.41 bits per heavy atom. The van der Waals surface area contributed by atoms with Crippen LogP contribution in [0.2, 0.25) is 0 Å². The summed E-state index contributed by atoms with van der Waals surface area (Å²) in [5.41, 5.74) is 0. The summed E-state index contributed by atoms with van der Waals surface area (Å²) in [5.74, 6) is 0.274. The zero-order chi connectivity index (χ0) is 12.3. The van der Waals surface area contributed by atoms with Crippen molar-refractivity contribution in [3.05, 3.63) is 5.82 Å². The molecule has 92 valence electrons. The van der Waals surface area contributed by atoms with E-state index in [1.165, 1.54) is 4.80 Å². The Morgan fingerprint density at radius 3 is 2.76 bits per heavy atom. The van der Waals surface area contributed by atoms with Crippen molar-refractivity contribution in [2.75, 3.05) is 6.61 Å². The number of aryl methyl sites for hydroxylation is 1. The van der Waals surface area contributed by atoms with Gasteiger partial charge in [0.05, 0.1) is 13.7 Å². The van der Waals surface area contributed by atoms with Crippen LogP contribution in [-0.2, 0) is 30.8 Å². The maximum absolute atomic E-state index is 10.4. The number of hydrogen-bond acceptors (Lipinski definition) is 8. The molecule has 1 aromatic heterocycles. The van der Waals surface area contributed by atoms with Crippen LogP contribution in [-0.4, -0.2) is 52.0 Å². The minimum absolute atomic E-state index is 0.111. The van der Waals surface area contributed by atoms with E-state index in [-0.39, 0.29) is 25.4 Å². The second-order valence-electron chi connectivity index (χ2n) is 3.36. The van der Waals surface area contributed by atoms with Crippen molar-refractivity contribution < 1.29 is 23.8 Å². The zero-order valence-electron chi connectivity index (χ0n) is 8.92. The van der Waals surface area contributed by atoms with Crippen LogP contribution < -0.4 is 0 Å². The molecule has 0 bridgehead atoms. The molecule has 0 aliphatic carbocycles. The Hall–Kier alpha value is -2.03. The van der Waals surface area contributed by atoms with Gasteiger partial charge in [0.15, 0.2) is 18.3 Å². The molecular weight excluding hydrogens is 232 g/mol. The lowest BCUT2D eigenvalue weighted by molar-refractivity contribution is -0.149. The highest BCUT2D eigenvalue weighted by Crippen LogP contribution is 2.30. The number of nitrogens with zero attached hydrogens (tertiary/aromatic N) is 4. The summed E-state index contributed by atoms with van der Waals surface area (Å²) >= 11 is 0. The number of carbonyl (C=O) groups excluding carboxylic acids is 2. The molecule has 0 amide bonds. The molecular formula is C8H10N4O5. The lowest BCUT2D eigenvalue weighted by Gasteiger charge is -2.17. The number of hydrogen-bond donors (Lipinski definition) is 0. The topological polar surface area (TPSA) is 105 Å². The summed E-state index contributed by atoms with van der Waals surface area (Å²) in [5, 5.41) is 11.4. The van der Waals surface area contributed by atoms with E-state index in [1.807, 2.05) is 0 Å². The highest BCUT2D eigenvalue weighted by molar-refractivity contribution is 5.40. The van der Waals surface area contributed by atoms with Gasteiger partial charge in [0.2, 0.25) is 5.82 Å². The number of rotatable bonds is 5. The Balaban J connectivity index is 2.16. The van der Waals surface area contributed by atoms with E-state index in [2.05, 4.69) is 15.4 Å². The molecule has 0 N–H and O–H groups in total. The van der Waals surface area contributed by atoms with Crippen LogP contribution in [0.15, 0.2) is 0 Å². The van der Waals surface area contributed by atoms with Gasteiger partial charge in [-0.25, -0.2) is 0 Å². The molecule has 0 radical (unpaired) electrons. The second kappa shape index (κ2) is 4.87. The lowest BCUT2D eigenvalue weighted by atomic mass is 10.1. The molecule has 9 heteroatoms. The Bertz CT molecular complexity index is 408. The normalized spacial score (nSPS) is 27.7. The second-order valence-corrected chi connectivity index (χ2v) is 3.36. The van der Waals surface area contributed by atoms with E-state index in [4.69, 9.17) is 14.2 Å². The maximum Gasteiger partial charge on any atom is 0.293 e. The van der Waals surface area contributed by atoms with Gasteiger partial charge in [-0.15, -0.1) is 10.2 Å². The van der Waals surface area contributed by atoms with Gasteiger partial charge in [0, 0.05) is 0 Å². The number of carbonyl (C=O) groups is 2. The summed E-state index contributed by atoms with van der Waals surface area (Å²) in [7, 11) is 1.60. The first-order valence-electron chi connectivity index (χ1n) is 4.80. The van der Waals surface area contributed by atoms with E-state index in [0.717, 1.165) is 0 Å². The SMILES string of the molecule is Cn1nnc(C2OCC(OC=O)C2OC=O)n1. The molecule has 1 aromatic rings. The van der Waals surface area contributed by atoms with Crippen LogP contribution in [0.25, 0.3) is 0 Å². The summed E-state index contributed by atoms with van der Waals surface area (Å²) in [6.07, 6.45) is -2.10. The zero-order valence-corrected chi connectivity index (χ0v) is 8.92. The van der Waals surface area contributed by atoms with Crippen LogP contribution in [0.1, 0.15) is 11.9 Å². The van der Waals surface area contributed by atoms with Crippen molar-refractivity contribution in [1.82, 2.24) is 20.2 Å². The van der Waals surface area contributed by atoms with Crippen LogP contribution in [0.3, 0.4) is 0 Å². The van der Waals surface area contributed by atoms with Gasteiger partial charge in [-0.3, -0.25) is 9.59 Å². The van der Waals surface area contributed by atoms with Gasteiger partial charge in [0.1, 0.15) is 0 Å². The smallest absolute Gasteiger partial charge is 0.293 e. The van der Waals surface area contributed by atoms with Gasteiger partial charge in [-0.1, -0.05) is 0 Å². The van der Waals surface area contributed by atoms with Gasteiger partial charge in [-0.05, 0) is 5.21 Å². The monoisotopic (exact) mass is 242 g/mol. The average Bonchev–Trinajstić information content (AvgIpc) is 2.88. The highest BCUT2D eigenvalue weighted by atomic mass is 16.6. The fraction of sp³-hybridized carbons (Fsp3) is 0.625. The van der Waals surface area contributed by atoms with Gasteiger partial charge in [-0.2, -0.15) is 4.80 Å². The minimum Gasteiger partial charge on any atom is -0.458 e. The predicted molar refractivity (Wildman–Crippen MR) is 49.4 cm³/mol. The molecule has 2 rings (SSSR count). The van der Waals surface area contributed by atoms with Crippen molar-refractivity contribution in [3.63, 3.8) is 0 Å². The number of aromatic nitrogens is 4. The van der Waals surface area contributed by atoms with E-state index in [1.54, 1.807) is 7.05 Å². The van der Waals surface area contributed by atoms with Crippen molar-refractivity contribution in [2.24, 2.45) is 7.05 Å². The molecule has 3 unspecified atom stereocenters. The van der Waals surface area contributed by atoms with Gasteiger partial charge in [0.25, 0.3) is 12.9 Å². The molecule has 1 fully saturated rings. The summed E-state index contributed by atoms with van der Waals surface area (Å²) in [6.45, 7) is 0.658. The first-order chi connectivity index (χ1) is 8.26. The Labute approximate surface area is 95.6 Å². The summed E-state index contributed by atoms with van der Waals surface area (Å²) in [4.78, 5) is 22.0. The van der Waals surface area contributed by atoms with E-state index < -0.39 is 18.3 Å². The first-order valence-corrected chi connectivity index (χ1v) is 4.80. The van der Waals surface area contributed by atoms with E-state index in [0.29, 0.717) is 0 Å². The van der Waals surface area contributed by atoms with Crippen LogP contribution in [0.5, 0.6) is 0 Å². The van der Waals surface area contributed by atoms with Crippen molar-refractivity contribution in [3.8, 4) is 0 Å². The third-order valence-corrected chi connectivity index (χ3v) is 2.33. The van der Waals surface area contributed by atoms with Crippen LogP contribution in [0.4, 0.5) is 0 Å². The minimum atomic E-state index is -0.762. The molecule has 17 heavy (non-hydrogen) atoms. The standard InChI is InChI=1S/C8H10N4O5/c1-12-10-8(9-11-12)7-6(17-4-14)5(2-15-7)16-3-13/h3-7H,2H2,1H3. The summed E-state index contributed by atoms with van der Waals surface area (Å²) < 4.78 is 14.9. The third kappa shape index (κ3) is 2.23. The third-order valence-electron chi connectivity index (χ3n) is 2.33. The Kier molecular flexibility index (Phi) is 3.28. The summed E-state index contributed by atoms with van der Waals surface area (Å²) in [6, 6.07) is 0. The van der Waals surface area contributed by atoms with E-state index in [9.17, 15) is 9.59 Å². The predicted octanol–water partition coefficient (Wildman–Crippen LogP) is -1.64. The van der Waals surface area contributed by atoms with Gasteiger partial charge >= 0.3 is 0 Å². The molecule has 1 aliphatic rings. The quantitative estimate of drug-likeness (QED) is 0.566. The molecule has 0 spiro atoms. The molecule has 3 atom stereocenters. The molecule has 2 heterocycles. The Morgan fingerprint density at radius 2 is 2.18 bits per heavy atom. The van der Waals surface area contributed by atoms with Gasteiger partial charge < -0.3 is 14.2 Å². The van der Waals surface area contributed by atoms with Crippen molar-refractivity contribution >= 4 is 12.9 Å². The van der Waals surface area contributed by atoms with Crippen LogP contribution >= 0.6 is 0 Å². The van der Waals surface area contributed by atoms with Crippen molar-refractivity contribution in [2.45, 2.75) is 18.3 Å². The molecule has 1 saturated heterocycles. The van der Waals surface area contributed by atoms with E-state index >= 15 is 0 Å². The molecule has 0 aromatic carbocycles. The van der Waals surface area contributed by atoms with Crippen LogP contribution in [0, 0.1) is 0 Å². The fourth-order valence-electron chi connectivity index (χ4n) is 1.63. The first kappa shape index (κ1) is 11.5. The maximum atomic E-state index is 10.4.